The Hall–Kier alpha value is -3.36. The number of phenols is 1. The molecule has 25 heavy (non-hydrogen) atoms. The summed E-state index contributed by atoms with van der Waals surface area (Å²) in [6.07, 6.45) is -3.01. The number of hydrogen-bond acceptors (Lipinski definition) is 4. The quantitative estimate of drug-likeness (QED) is 0.757. The number of carboxylic acid groups (broad SMARTS) is 1. The molecule has 0 unspecified atom stereocenters. The third-order valence-electron chi connectivity index (χ3n) is 3.42. The van der Waals surface area contributed by atoms with Crippen molar-refractivity contribution in [2.45, 2.75) is 6.18 Å². The van der Waals surface area contributed by atoms with Crippen LogP contribution in [0.4, 0.5) is 13.2 Å². The Morgan fingerprint density at radius 3 is 2.36 bits per heavy atom. The van der Waals surface area contributed by atoms with E-state index in [1.165, 1.54) is 35.1 Å². The number of benzene rings is 2. The lowest BCUT2D eigenvalue weighted by atomic mass is 10.1. The molecule has 6 nitrogen and oxygen atoms in total. The van der Waals surface area contributed by atoms with Gasteiger partial charge in [0.1, 0.15) is 11.4 Å². The molecule has 0 spiro atoms. The minimum Gasteiger partial charge on any atom is -0.508 e. The van der Waals surface area contributed by atoms with Crippen molar-refractivity contribution in [3.05, 3.63) is 59.8 Å². The highest BCUT2D eigenvalue weighted by Gasteiger charge is 2.30. The van der Waals surface area contributed by atoms with Crippen LogP contribution < -0.4 is 0 Å². The molecule has 3 rings (SSSR count). The van der Waals surface area contributed by atoms with Crippen LogP contribution in [0.1, 0.15) is 15.9 Å². The second-order valence-electron chi connectivity index (χ2n) is 5.17. The minimum atomic E-state index is -4.43. The van der Waals surface area contributed by atoms with E-state index in [0.29, 0.717) is 11.3 Å². The van der Waals surface area contributed by atoms with Crippen LogP contribution in [0.2, 0.25) is 0 Å². The molecule has 0 aliphatic rings. The standard InChI is InChI=1S/C16H10F3N3O3/c17-16(18,19)11-3-1-9(2-4-11)14-8-22(21-20-14)12-5-10(15(24)25)6-13(23)7-12/h1-8,23H,(H,24,25). The number of aromatic nitrogens is 3. The van der Waals surface area contributed by atoms with Crippen LogP contribution >= 0.6 is 0 Å². The smallest absolute Gasteiger partial charge is 0.416 e. The van der Waals surface area contributed by atoms with Crippen molar-refractivity contribution in [3.63, 3.8) is 0 Å². The summed E-state index contributed by atoms with van der Waals surface area (Å²) in [5, 5.41) is 26.3. The average molecular weight is 349 g/mol. The zero-order chi connectivity index (χ0) is 18.2. The molecule has 0 bridgehead atoms. The maximum atomic E-state index is 12.6. The first-order valence-electron chi connectivity index (χ1n) is 6.92. The van der Waals surface area contributed by atoms with Gasteiger partial charge in [-0.25, -0.2) is 9.48 Å². The highest BCUT2D eigenvalue weighted by molar-refractivity contribution is 5.88. The number of halogens is 3. The number of hydrogen-bond donors (Lipinski definition) is 2. The fraction of sp³-hybridized carbons (Fsp3) is 0.0625. The van der Waals surface area contributed by atoms with E-state index in [0.717, 1.165) is 18.2 Å². The van der Waals surface area contributed by atoms with Crippen molar-refractivity contribution < 1.29 is 28.2 Å². The summed E-state index contributed by atoms with van der Waals surface area (Å²) in [6, 6.07) is 8.06. The van der Waals surface area contributed by atoms with Gasteiger partial charge in [-0.3, -0.25) is 0 Å². The minimum absolute atomic E-state index is 0.137. The molecule has 0 atom stereocenters. The Labute approximate surface area is 138 Å². The molecule has 0 saturated carbocycles. The maximum Gasteiger partial charge on any atom is 0.416 e. The van der Waals surface area contributed by atoms with E-state index in [2.05, 4.69) is 10.3 Å². The molecule has 0 radical (unpaired) electrons. The predicted molar refractivity (Wildman–Crippen MR) is 80.4 cm³/mol. The number of aromatic carboxylic acids is 1. The molecule has 128 valence electrons. The summed E-state index contributed by atoms with van der Waals surface area (Å²) in [5.41, 5.74) is 0.0548. The van der Waals surface area contributed by atoms with E-state index in [1.807, 2.05) is 0 Å². The molecule has 0 amide bonds. The zero-order valence-corrected chi connectivity index (χ0v) is 12.4. The van der Waals surface area contributed by atoms with Crippen LogP contribution in [0.15, 0.2) is 48.7 Å². The van der Waals surface area contributed by atoms with E-state index in [1.54, 1.807) is 0 Å². The van der Waals surface area contributed by atoms with Gasteiger partial charge < -0.3 is 10.2 Å². The normalized spacial score (nSPS) is 11.5. The summed E-state index contributed by atoms with van der Waals surface area (Å²) in [7, 11) is 0. The zero-order valence-electron chi connectivity index (χ0n) is 12.4. The summed E-state index contributed by atoms with van der Waals surface area (Å²) >= 11 is 0. The van der Waals surface area contributed by atoms with Gasteiger partial charge in [-0.15, -0.1) is 5.10 Å². The molecule has 2 aromatic carbocycles. The van der Waals surface area contributed by atoms with E-state index in [4.69, 9.17) is 5.11 Å². The molecule has 9 heteroatoms. The van der Waals surface area contributed by atoms with Crippen molar-refractivity contribution in [1.82, 2.24) is 15.0 Å². The number of nitrogens with zero attached hydrogens (tertiary/aromatic N) is 3. The van der Waals surface area contributed by atoms with Gasteiger partial charge in [0.05, 0.1) is 23.0 Å². The second-order valence-corrected chi connectivity index (χ2v) is 5.17. The molecule has 3 aromatic rings. The van der Waals surface area contributed by atoms with Crippen molar-refractivity contribution in [2.75, 3.05) is 0 Å². The topological polar surface area (TPSA) is 88.2 Å². The van der Waals surface area contributed by atoms with Gasteiger partial charge in [0.15, 0.2) is 0 Å². The van der Waals surface area contributed by atoms with Gasteiger partial charge in [0.25, 0.3) is 0 Å². The molecule has 0 aliphatic heterocycles. The summed E-state index contributed by atoms with van der Waals surface area (Å²) in [5.74, 6) is -1.48. The van der Waals surface area contributed by atoms with E-state index < -0.39 is 17.7 Å². The van der Waals surface area contributed by atoms with Crippen LogP contribution in [0, 0.1) is 0 Å². The largest absolute Gasteiger partial charge is 0.508 e. The summed E-state index contributed by atoms with van der Waals surface area (Å²) in [4.78, 5) is 11.0. The molecule has 0 fully saturated rings. The molecule has 0 saturated heterocycles. The number of phenolic OH excluding ortho intramolecular Hbond substituents is 1. The predicted octanol–water partition coefficient (Wildman–Crippen LogP) is 3.36. The Kier molecular flexibility index (Phi) is 3.91. The summed E-state index contributed by atoms with van der Waals surface area (Å²) < 4.78 is 39.0. The number of carbonyl (C=O) groups is 1. The fourth-order valence-electron chi connectivity index (χ4n) is 2.20. The van der Waals surface area contributed by atoms with E-state index in [-0.39, 0.29) is 17.0 Å². The van der Waals surface area contributed by atoms with Crippen molar-refractivity contribution in [2.24, 2.45) is 0 Å². The van der Waals surface area contributed by atoms with Gasteiger partial charge in [-0.2, -0.15) is 13.2 Å². The van der Waals surface area contributed by atoms with Gasteiger partial charge in [-0.1, -0.05) is 17.3 Å². The first-order chi connectivity index (χ1) is 11.7. The van der Waals surface area contributed by atoms with Crippen LogP contribution in [0.5, 0.6) is 5.75 Å². The Bertz CT molecular complexity index is 934. The van der Waals surface area contributed by atoms with Gasteiger partial charge in [-0.05, 0) is 24.3 Å². The van der Waals surface area contributed by atoms with Crippen molar-refractivity contribution in [1.29, 1.82) is 0 Å². The Morgan fingerprint density at radius 1 is 1.08 bits per heavy atom. The van der Waals surface area contributed by atoms with E-state index in [9.17, 15) is 23.1 Å². The number of rotatable bonds is 3. The Balaban J connectivity index is 1.94. The lowest BCUT2D eigenvalue weighted by Crippen LogP contribution is -2.03. The monoisotopic (exact) mass is 349 g/mol. The van der Waals surface area contributed by atoms with Crippen LogP contribution in [-0.4, -0.2) is 31.2 Å². The number of alkyl halides is 3. The molecule has 0 aliphatic carbocycles. The highest BCUT2D eigenvalue weighted by atomic mass is 19.4. The van der Waals surface area contributed by atoms with Crippen LogP contribution in [0.3, 0.4) is 0 Å². The van der Waals surface area contributed by atoms with E-state index >= 15 is 0 Å². The van der Waals surface area contributed by atoms with Crippen molar-refractivity contribution >= 4 is 5.97 Å². The van der Waals surface area contributed by atoms with Crippen molar-refractivity contribution in [3.8, 4) is 22.7 Å². The SMILES string of the molecule is O=C(O)c1cc(O)cc(-n2cc(-c3ccc(C(F)(F)F)cc3)nn2)c1. The van der Waals surface area contributed by atoms with Gasteiger partial charge in [0, 0.05) is 11.6 Å². The first kappa shape index (κ1) is 16.5. The van der Waals surface area contributed by atoms with Gasteiger partial charge >= 0.3 is 12.1 Å². The molecular formula is C16H10F3N3O3. The van der Waals surface area contributed by atoms with Crippen LogP contribution in [0.25, 0.3) is 16.9 Å². The third kappa shape index (κ3) is 3.44. The number of carboxylic acids is 1. The molecular weight excluding hydrogens is 339 g/mol. The first-order valence-corrected chi connectivity index (χ1v) is 6.92. The maximum absolute atomic E-state index is 12.6. The fourth-order valence-corrected chi connectivity index (χ4v) is 2.20. The van der Waals surface area contributed by atoms with Gasteiger partial charge in [0.2, 0.25) is 0 Å². The lowest BCUT2D eigenvalue weighted by molar-refractivity contribution is -0.137. The lowest BCUT2D eigenvalue weighted by Gasteiger charge is -2.06. The highest BCUT2D eigenvalue weighted by Crippen LogP contribution is 2.30. The second kappa shape index (κ2) is 5.93. The van der Waals surface area contributed by atoms with Crippen LogP contribution in [-0.2, 0) is 6.18 Å². The third-order valence-corrected chi connectivity index (χ3v) is 3.42. The molecule has 1 aromatic heterocycles. The molecule has 1 heterocycles. The average Bonchev–Trinajstić information content (AvgIpc) is 3.03. The molecule has 2 N–H and O–H groups in total. The number of aromatic hydroxyl groups is 1. The summed E-state index contributed by atoms with van der Waals surface area (Å²) in [6.45, 7) is 0. The Morgan fingerprint density at radius 2 is 1.76 bits per heavy atom.